The van der Waals surface area contributed by atoms with Gasteiger partial charge in [0.05, 0.1) is 11.9 Å². The van der Waals surface area contributed by atoms with Crippen molar-refractivity contribution in [3.05, 3.63) is 58.9 Å². The lowest BCUT2D eigenvalue weighted by Crippen LogP contribution is -2.47. The van der Waals surface area contributed by atoms with Gasteiger partial charge in [0.15, 0.2) is 0 Å². The van der Waals surface area contributed by atoms with Gasteiger partial charge in [-0.25, -0.2) is 12.8 Å². The van der Waals surface area contributed by atoms with E-state index < -0.39 is 27.8 Å². The highest BCUT2D eigenvalue weighted by Gasteiger charge is 2.31. The number of rotatable bonds is 6. The zero-order valence-electron chi connectivity index (χ0n) is 14.7. The fourth-order valence-electron chi connectivity index (χ4n) is 2.63. The highest BCUT2D eigenvalue weighted by atomic mass is 35.5. The van der Waals surface area contributed by atoms with Crippen molar-refractivity contribution >= 4 is 38.9 Å². The normalized spacial score (nSPS) is 12.5. The van der Waals surface area contributed by atoms with Gasteiger partial charge in [-0.1, -0.05) is 18.5 Å². The second-order valence-electron chi connectivity index (χ2n) is 5.91. The number of anilines is 2. The highest BCUT2D eigenvalue weighted by molar-refractivity contribution is 7.92. The molecule has 5 nitrogen and oxygen atoms in total. The van der Waals surface area contributed by atoms with Gasteiger partial charge in [0, 0.05) is 10.7 Å². The molecule has 0 radical (unpaired) electrons. The van der Waals surface area contributed by atoms with E-state index in [0.717, 1.165) is 28.3 Å². The highest BCUT2D eigenvalue weighted by Crippen LogP contribution is 2.25. The molecule has 0 aromatic heterocycles. The van der Waals surface area contributed by atoms with Crippen LogP contribution < -0.4 is 9.62 Å². The van der Waals surface area contributed by atoms with Gasteiger partial charge in [0.1, 0.15) is 11.9 Å². The van der Waals surface area contributed by atoms with Gasteiger partial charge < -0.3 is 5.32 Å². The maximum absolute atomic E-state index is 13.2. The summed E-state index contributed by atoms with van der Waals surface area (Å²) in [6.45, 7) is 3.50. The van der Waals surface area contributed by atoms with Crippen molar-refractivity contribution in [2.24, 2.45) is 0 Å². The summed E-state index contributed by atoms with van der Waals surface area (Å²) in [7, 11) is -3.77. The van der Waals surface area contributed by atoms with Crippen LogP contribution in [-0.4, -0.2) is 26.6 Å². The summed E-state index contributed by atoms with van der Waals surface area (Å²) >= 11 is 5.92. The number of nitrogens with one attached hydrogen (secondary N) is 1. The maximum atomic E-state index is 13.2. The molecule has 1 unspecified atom stereocenters. The number of amides is 1. The van der Waals surface area contributed by atoms with Crippen molar-refractivity contribution in [3.8, 4) is 0 Å². The smallest absolute Gasteiger partial charge is 0.248 e. The van der Waals surface area contributed by atoms with Crippen molar-refractivity contribution < 1.29 is 17.6 Å². The average molecular weight is 399 g/mol. The van der Waals surface area contributed by atoms with Crippen molar-refractivity contribution in [1.29, 1.82) is 0 Å². The minimum Gasteiger partial charge on any atom is -0.324 e. The van der Waals surface area contributed by atoms with Crippen LogP contribution in [0.3, 0.4) is 0 Å². The molecular formula is C18H20ClFN2O3S. The zero-order chi connectivity index (χ0) is 19.5. The van der Waals surface area contributed by atoms with Crippen molar-refractivity contribution in [3.63, 3.8) is 0 Å². The van der Waals surface area contributed by atoms with Crippen LogP contribution >= 0.6 is 11.6 Å². The molecule has 0 aliphatic rings. The minimum atomic E-state index is -3.77. The number of carbonyl (C=O) groups is 1. The number of carbonyl (C=O) groups excluding carboxylic acids is 1. The number of halogens is 2. The molecule has 0 saturated carbocycles. The quantitative estimate of drug-likeness (QED) is 0.800. The minimum absolute atomic E-state index is 0.226. The molecule has 0 spiro atoms. The molecule has 0 aliphatic heterocycles. The summed E-state index contributed by atoms with van der Waals surface area (Å²) in [6, 6.07) is 8.99. The second-order valence-corrected chi connectivity index (χ2v) is 8.20. The average Bonchev–Trinajstić information content (AvgIpc) is 2.55. The van der Waals surface area contributed by atoms with Gasteiger partial charge in [0.25, 0.3) is 0 Å². The van der Waals surface area contributed by atoms with E-state index in [-0.39, 0.29) is 12.1 Å². The first-order valence-electron chi connectivity index (χ1n) is 7.95. The Bertz CT molecular complexity index is 901. The lowest BCUT2D eigenvalue weighted by molar-refractivity contribution is -0.117. The number of nitrogens with zero attached hydrogens (tertiary/aromatic N) is 1. The summed E-state index contributed by atoms with van der Waals surface area (Å²) in [6.07, 6.45) is 1.25. The van der Waals surface area contributed by atoms with Crippen LogP contribution in [0, 0.1) is 12.7 Å². The molecule has 26 heavy (non-hydrogen) atoms. The molecule has 0 aliphatic carbocycles. The Balaban J connectivity index is 2.38. The second kappa shape index (κ2) is 8.05. The molecular weight excluding hydrogens is 379 g/mol. The SMILES string of the molecule is CCC(C(=O)Nc1ccc(Cl)cc1C)N(c1ccc(F)cc1)S(C)(=O)=O. The van der Waals surface area contributed by atoms with E-state index in [1.807, 2.05) is 0 Å². The van der Waals surface area contributed by atoms with Crippen LogP contribution in [0.1, 0.15) is 18.9 Å². The molecule has 140 valence electrons. The molecule has 2 aromatic rings. The third-order valence-electron chi connectivity index (χ3n) is 3.86. The summed E-state index contributed by atoms with van der Waals surface area (Å²) in [5, 5.41) is 3.28. The summed E-state index contributed by atoms with van der Waals surface area (Å²) < 4.78 is 38.8. The number of benzene rings is 2. The predicted molar refractivity (Wildman–Crippen MR) is 103 cm³/mol. The standard InChI is InChI=1S/C18H20ClFN2O3S/c1-4-17(18(23)21-16-10-5-13(19)11-12(16)2)22(26(3,24)25)15-8-6-14(20)7-9-15/h5-11,17H,4H2,1-3H3,(H,21,23). The third kappa shape index (κ3) is 4.74. The van der Waals surface area contributed by atoms with E-state index >= 15 is 0 Å². The number of hydrogen-bond acceptors (Lipinski definition) is 3. The molecule has 2 rings (SSSR count). The Morgan fingerprint density at radius 1 is 1.23 bits per heavy atom. The van der Waals surface area contributed by atoms with Crippen LogP contribution in [-0.2, 0) is 14.8 Å². The molecule has 1 amide bonds. The van der Waals surface area contributed by atoms with E-state index in [0.29, 0.717) is 10.7 Å². The molecule has 8 heteroatoms. The van der Waals surface area contributed by atoms with Gasteiger partial charge in [-0.3, -0.25) is 9.10 Å². The van der Waals surface area contributed by atoms with Gasteiger partial charge in [-0.2, -0.15) is 0 Å². The first-order valence-corrected chi connectivity index (χ1v) is 10.2. The summed E-state index contributed by atoms with van der Waals surface area (Å²) in [5.41, 5.74) is 1.53. The van der Waals surface area contributed by atoms with E-state index in [1.54, 1.807) is 32.0 Å². The van der Waals surface area contributed by atoms with E-state index in [2.05, 4.69) is 5.32 Å². The third-order valence-corrected chi connectivity index (χ3v) is 5.27. The van der Waals surface area contributed by atoms with Gasteiger partial charge in [-0.05, 0) is 61.4 Å². The van der Waals surface area contributed by atoms with Crippen LogP contribution in [0.15, 0.2) is 42.5 Å². The Hall–Kier alpha value is -2.12. The molecule has 0 saturated heterocycles. The lowest BCUT2D eigenvalue weighted by Gasteiger charge is -2.30. The van der Waals surface area contributed by atoms with Crippen LogP contribution in [0.2, 0.25) is 5.02 Å². The largest absolute Gasteiger partial charge is 0.324 e. The predicted octanol–water partition coefficient (Wildman–Crippen LogP) is 3.97. The summed E-state index contributed by atoms with van der Waals surface area (Å²) in [4.78, 5) is 12.8. The Labute approximate surface area is 157 Å². The molecule has 1 N–H and O–H groups in total. The fraction of sp³-hybridized carbons (Fsp3) is 0.278. The lowest BCUT2D eigenvalue weighted by atomic mass is 10.1. The topological polar surface area (TPSA) is 66.5 Å². The number of hydrogen-bond donors (Lipinski definition) is 1. The van der Waals surface area contributed by atoms with Gasteiger partial charge >= 0.3 is 0 Å². The Morgan fingerprint density at radius 2 is 1.85 bits per heavy atom. The van der Waals surface area contributed by atoms with Crippen LogP contribution in [0.25, 0.3) is 0 Å². The first kappa shape index (κ1) is 20.2. The van der Waals surface area contributed by atoms with Gasteiger partial charge in [-0.15, -0.1) is 0 Å². The zero-order valence-corrected chi connectivity index (χ0v) is 16.2. The van der Waals surface area contributed by atoms with Crippen LogP contribution in [0.5, 0.6) is 0 Å². The number of sulfonamides is 1. The Morgan fingerprint density at radius 3 is 2.35 bits per heavy atom. The Kier molecular flexibility index (Phi) is 6.26. The molecule has 0 heterocycles. The maximum Gasteiger partial charge on any atom is 0.248 e. The van der Waals surface area contributed by atoms with E-state index in [9.17, 15) is 17.6 Å². The molecule has 1 atom stereocenters. The summed E-state index contributed by atoms with van der Waals surface area (Å²) in [5.74, 6) is -0.968. The fourth-order valence-corrected chi connectivity index (χ4v) is 4.07. The number of aryl methyl sites for hydroxylation is 1. The van der Waals surface area contributed by atoms with Crippen molar-refractivity contribution in [1.82, 2.24) is 0 Å². The van der Waals surface area contributed by atoms with Crippen molar-refractivity contribution in [2.75, 3.05) is 15.9 Å². The molecule has 0 fully saturated rings. The van der Waals surface area contributed by atoms with Crippen LogP contribution in [0.4, 0.5) is 15.8 Å². The monoisotopic (exact) mass is 398 g/mol. The van der Waals surface area contributed by atoms with E-state index in [1.165, 1.54) is 12.1 Å². The first-order chi connectivity index (χ1) is 12.1. The van der Waals surface area contributed by atoms with E-state index in [4.69, 9.17) is 11.6 Å². The molecule has 0 bridgehead atoms. The van der Waals surface area contributed by atoms with Crippen molar-refractivity contribution in [2.45, 2.75) is 26.3 Å². The van der Waals surface area contributed by atoms with Gasteiger partial charge in [0.2, 0.25) is 15.9 Å². The molecule has 2 aromatic carbocycles.